The molecule has 88 valence electrons. The highest BCUT2D eigenvalue weighted by atomic mass is 16.5. The summed E-state index contributed by atoms with van der Waals surface area (Å²) < 4.78 is 6.42. The molecule has 0 unspecified atom stereocenters. The molecule has 0 saturated heterocycles. The average Bonchev–Trinajstić information content (AvgIpc) is 2.79. The minimum Gasteiger partial charge on any atom is -0.461 e. The molecule has 2 aromatic rings. The summed E-state index contributed by atoms with van der Waals surface area (Å²) in [5, 5.41) is 7.71. The molecule has 1 heterocycles. The van der Waals surface area contributed by atoms with Crippen LogP contribution in [0.25, 0.3) is 5.69 Å². The summed E-state index contributed by atoms with van der Waals surface area (Å²) in [6.45, 7) is 4.06. The smallest absolute Gasteiger partial charge is 0.360 e. The molecule has 1 aromatic carbocycles. The van der Waals surface area contributed by atoms with E-state index in [0.717, 1.165) is 11.3 Å². The number of aryl methyl sites for hydroxylation is 1. The number of carbonyl (C=O) groups is 1. The summed E-state index contributed by atoms with van der Waals surface area (Å²) in [6.07, 6.45) is 1.57. The first kappa shape index (κ1) is 11.3. The van der Waals surface area contributed by atoms with E-state index in [0.29, 0.717) is 6.61 Å². The molecule has 0 radical (unpaired) electrons. The molecule has 0 bridgehead atoms. The van der Waals surface area contributed by atoms with Gasteiger partial charge in [0.1, 0.15) is 0 Å². The molecular formula is C12H13N3O2. The predicted octanol–water partition coefficient (Wildman–Crippen LogP) is 1.75. The SMILES string of the molecule is CCOC(=O)c1cn(-c2ccccc2C)nn1. The third kappa shape index (κ3) is 2.33. The van der Waals surface area contributed by atoms with Crippen LogP contribution in [0.1, 0.15) is 23.0 Å². The van der Waals surface area contributed by atoms with Crippen LogP contribution in [0.4, 0.5) is 0 Å². The lowest BCUT2D eigenvalue weighted by Crippen LogP contribution is -2.04. The lowest BCUT2D eigenvalue weighted by Gasteiger charge is -2.02. The molecule has 0 amide bonds. The van der Waals surface area contributed by atoms with Gasteiger partial charge >= 0.3 is 5.97 Å². The Morgan fingerprint density at radius 2 is 2.18 bits per heavy atom. The maximum Gasteiger partial charge on any atom is 0.360 e. The van der Waals surface area contributed by atoms with Crippen LogP contribution in [-0.4, -0.2) is 27.6 Å². The highest BCUT2D eigenvalue weighted by Crippen LogP contribution is 2.12. The van der Waals surface area contributed by atoms with Crippen molar-refractivity contribution in [2.75, 3.05) is 6.61 Å². The van der Waals surface area contributed by atoms with E-state index in [1.54, 1.807) is 17.8 Å². The maximum absolute atomic E-state index is 11.4. The van der Waals surface area contributed by atoms with Crippen molar-refractivity contribution in [2.45, 2.75) is 13.8 Å². The number of esters is 1. The first-order chi connectivity index (χ1) is 8.22. The molecule has 0 saturated carbocycles. The zero-order valence-corrected chi connectivity index (χ0v) is 9.75. The Bertz CT molecular complexity index is 534. The Labute approximate surface area is 99.0 Å². The number of aromatic nitrogens is 3. The van der Waals surface area contributed by atoms with Crippen molar-refractivity contribution in [1.29, 1.82) is 0 Å². The van der Waals surface area contributed by atoms with E-state index >= 15 is 0 Å². The van der Waals surface area contributed by atoms with Gasteiger partial charge in [0.2, 0.25) is 0 Å². The van der Waals surface area contributed by atoms with E-state index in [1.807, 2.05) is 31.2 Å². The molecule has 0 aliphatic heterocycles. The Kier molecular flexibility index (Phi) is 3.18. The topological polar surface area (TPSA) is 57.0 Å². The molecule has 0 fully saturated rings. The quantitative estimate of drug-likeness (QED) is 0.755. The average molecular weight is 231 g/mol. The van der Waals surface area contributed by atoms with E-state index < -0.39 is 5.97 Å². The van der Waals surface area contributed by atoms with Gasteiger partial charge in [0.05, 0.1) is 18.5 Å². The van der Waals surface area contributed by atoms with Gasteiger partial charge in [-0.15, -0.1) is 5.10 Å². The number of nitrogens with zero attached hydrogens (tertiary/aromatic N) is 3. The Morgan fingerprint density at radius 3 is 2.88 bits per heavy atom. The molecule has 0 aliphatic rings. The van der Waals surface area contributed by atoms with Crippen LogP contribution in [0.3, 0.4) is 0 Å². The fourth-order valence-corrected chi connectivity index (χ4v) is 1.50. The van der Waals surface area contributed by atoms with E-state index in [4.69, 9.17) is 4.74 Å². The van der Waals surface area contributed by atoms with Crippen LogP contribution in [-0.2, 0) is 4.74 Å². The lowest BCUT2D eigenvalue weighted by molar-refractivity contribution is 0.0519. The van der Waals surface area contributed by atoms with Gasteiger partial charge in [-0.1, -0.05) is 23.4 Å². The second kappa shape index (κ2) is 4.78. The van der Waals surface area contributed by atoms with Crippen LogP contribution >= 0.6 is 0 Å². The van der Waals surface area contributed by atoms with Gasteiger partial charge < -0.3 is 4.74 Å². The van der Waals surface area contributed by atoms with Gasteiger partial charge in [-0.2, -0.15) is 0 Å². The number of hydrogen-bond donors (Lipinski definition) is 0. The molecule has 1 aromatic heterocycles. The summed E-state index contributed by atoms with van der Waals surface area (Å²) in [7, 11) is 0. The summed E-state index contributed by atoms with van der Waals surface area (Å²) in [6, 6.07) is 7.75. The highest BCUT2D eigenvalue weighted by molar-refractivity contribution is 5.86. The zero-order valence-electron chi connectivity index (χ0n) is 9.75. The van der Waals surface area contributed by atoms with Gasteiger partial charge in [0, 0.05) is 0 Å². The fourth-order valence-electron chi connectivity index (χ4n) is 1.50. The zero-order chi connectivity index (χ0) is 12.3. The van der Waals surface area contributed by atoms with Crippen molar-refractivity contribution in [3.8, 4) is 5.69 Å². The number of rotatable bonds is 3. The van der Waals surface area contributed by atoms with Gasteiger partial charge in [-0.25, -0.2) is 9.48 Å². The van der Waals surface area contributed by atoms with Crippen LogP contribution in [0.2, 0.25) is 0 Å². The predicted molar refractivity (Wildman–Crippen MR) is 62.1 cm³/mol. The largest absolute Gasteiger partial charge is 0.461 e. The molecule has 0 N–H and O–H groups in total. The van der Waals surface area contributed by atoms with E-state index in [9.17, 15) is 4.79 Å². The molecule has 0 aliphatic carbocycles. The summed E-state index contributed by atoms with van der Waals surface area (Å²) in [5.74, 6) is -0.452. The second-order valence-electron chi connectivity index (χ2n) is 3.56. The van der Waals surface area contributed by atoms with E-state index in [1.165, 1.54) is 0 Å². The van der Waals surface area contributed by atoms with Crippen molar-refractivity contribution in [2.24, 2.45) is 0 Å². The van der Waals surface area contributed by atoms with Crippen molar-refractivity contribution in [1.82, 2.24) is 15.0 Å². The van der Waals surface area contributed by atoms with Crippen molar-refractivity contribution < 1.29 is 9.53 Å². The normalized spacial score (nSPS) is 10.2. The lowest BCUT2D eigenvalue weighted by atomic mass is 10.2. The minimum absolute atomic E-state index is 0.218. The summed E-state index contributed by atoms with van der Waals surface area (Å²) in [5.41, 5.74) is 2.18. The fraction of sp³-hybridized carbons (Fsp3) is 0.250. The standard InChI is InChI=1S/C12H13N3O2/c1-3-17-12(16)10-8-15(14-13-10)11-7-5-4-6-9(11)2/h4-8H,3H2,1-2H3. The van der Waals surface area contributed by atoms with Crippen molar-refractivity contribution in [3.05, 3.63) is 41.7 Å². The van der Waals surface area contributed by atoms with Gasteiger partial charge in [0.25, 0.3) is 0 Å². The molecule has 2 rings (SSSR count). The molecular weight excluding hydrogens is 218 g/mol. The molecule has 5 heteroatoms. The first-order valence-electron chi connectivity index (χ1n) is 5.38. The first-order valence-corrected chi connectivity index (χ1v) is 5.38. The highest BCUT2D eigenvalue weighted by Gasteiger charge is 2.12. The Balaban J connectivity index is 2.30. The number of benzene rings is 1. The monoisotopic (exact) mass is 231 g/mol. The number of hydrogen-bond acceptors (Lipinski definition) is 4. The van der Waals surface area contributed by atoms with Crippen LogP contribution in [0.15, 0.2) is 30.5 Å². The number of carbonyl (C=O) groups excluding carboxylic acids is 1. The van der Waals surface area contributed by atoms with Gasteiger partial charge in [-0.3, -0.25) is 0 Å². The van der Waals surface area contributed by atoms with E-state index in [-0.39, 0.29) is 5.69 Å². The second-order valence-corrected chi connectivity index (χ2v) is 3.56. The number of para-hydroxylation sites is 1. The van der Waals surface area contributed by atoms with Crippen molar-refractivity contribution in [3.63, 3.8) is 0 Å². The Hall–Kier alpha value is -2.17. The van der Waals surface area contributed by atoms with Gasteiger partial charge in [-0.05, 0) is 25.5 Å². The maximum atomic E-state index is 11.4. The third-order valence-corrected chi connectivity index (χ3v) is 2.34. The van der Waals surface area contributed by atoms with Crippen LogP contribution in [0.5, 0.6) is 0 Å². The summed E-state index contributed by atoms with van der Waals surface area (Å²) in [4.78, 5) is 11.4. The van der Waals surface area contributed by atoms with Crippen LogP contribution in [0, 0.1) is 6.92 Å². The molecule has 0 atom stereocenters. The number of ether oxygens (including phenoxy) is 1. The minimum atomic E-state index is -0.452. The van der Waals surface area contributed by atoms with E-state index in [2.05, 4.69) is 10.3 Å². The van der Waals surface area contributed by atoms with Crippen LogP contribution < -0.4 is 0 Å². The summed E-state index contributed by atoms with van der Waals surface area (Å²) >= 11 is 0. The molecule has 0 spiro atoms. The molecule has 5 nitrogen and oxygen atoms in total. The van der Waals surface area contributed by atoms with Crippen molar-refractivity contribution >= 4 is 5.97 Å². The molecule has 17 heavy (non-hydrogen) atoms. The van der Waals surface area contributed by atoms with Gasteiger partial charge in [0.15, 0.2) is 5.69 Å². The third-order valence-electron chi connectivity index (χ3n) is 2.34. The Morgan fingerprint density at radius 1 is 1.41 bits per heavy atom.